The molecule has 1 saturated heterocycles. The number of nitrogens with one attached hydrogen (secondary N) is 1. The highest BCUT2D eigenvalue weighted by molar-refractivity contribution is 6.30. The lowest BCUT2D eigenvalue weighted by atomic mass is 9.99. The van der Waals surface area contributed by atoms with E-state index in [0.717, 1.165) is 0 Å². The van der Waals surface area contributed by atoms with Gasteiger partial charge in [-0.05, 0) is 38.1 Å². The van der Waals surface area contributed by atoms with Crippen molar-refractivity contribution in [2.24, 2.45) is 0 Å². The summed E-state index contributed by atoms with van der Waals surface area (Å²) in [6.07, 6.45) is 0. The monoisotopic (exact) mass is 290 g/mol. The van der Waals surface area contributed by atoms with E-state index in [1.54, 1.807) is 24.3 Å². The Bertz CT molecular complexity index is 597. The molecule has 1 N–H and O–H groups in total. The zero-order valence-electron chi connectivity index (χ0n) is 11.4. The highest BCUT2D eigenvalue weighted by Gasteiger charge is 2.28. The fourth-order valence-corrected chi connectivity index (χ4v) is 2.15. The van der Waals surface area contributed by atoms with Crippen molar-refractivity contribution in [2.45, 2.75) is 19.4 Å². The molecule has 1 fully saturated rings. The number of carbonyl (C=O) groups excluding carboxylic acids is 1. The van der Waals surface area contributed by atoms with E-state index in [-0.39, 0.29) is 23.5 Å². The van der Waals surface area contributed by atoms with Crippen LogP contribution in [0.25, 0.3) is 0 Å². The molecule has 1 aliphatic heterocycles. The van der Waals surface area contributed by atoms with Crippen LogP contribution < -0.4 is 5.32 Å². The van der Waals surface area contributed by atoms with E-state index < -0.39 is 0 Å². The summed E-state index contributed by atoms with van der Waals surface area (Å²) in [5.74, 6) is -0.326. The number of carbonyl (C=O) groups is 1. The summed E-state index contributed by atoms with van der Waals surface area (Å²) in [4.78, 5) is 12.4. The smallest absolute Gasteiger partial charge is 0.205 e. The molecule has 104 valence electrons. The van der Waals surface area contributed by atoms with Crippen molar-refractivity contribution >= 4 is 17.4 Å². The van der Waals surface area contributed by atoms with Gasteiger partial charge >= 0.3 is 0 Å². The molecule has 0 bridgehead atoms. The van der Waals surface area contributed by atoms with Gasteiger partial charge in [-0.25, -0.2) is 0 Å². The van der Waals surface area contributed by atoms with Crippen molar-refractivity contribution in [1.29, 1.82) is 5.26 Å². The first kappa shape index (κ1) is 14.6. The lowest BCUT2D eigenvalue weighted by Gasteiger charge is -2.34. The van der Waals surface area contributed by atoms with Crippen LogP contribution in [0.4, 0.5) is 0 Å². The molecule has 20 heavy (non-hydrogen) atoms. The molecule has 1 aliphatic rings. The molecule has 0 aromatic heterocycles. The van der Waals surface area contributed by atoms with E-state index in [0.29, 0.717) is 22.9 Å². The van der Waals surface area contributed by atoms with E-state index >= 15 is 0 Å². The number of ketones is 1. The number of halogens is 1. The largest absolute Gasteiger partial charge is 0.378 e. The van der Waals surface area contributed by atoms with Gasteiger partial charge in [0.25, 0.3) is 0 Å². The Morgan fingerprint density at radius 2 is 2.05 bits per heavy atom. The minimum atomic E-state index is -0.326. The standard InChI is InChI=1S/C15H15ClN2O2/c1-15(2)9-20-8-13(18-15)12(7-17)14(19)10-3-5-11(16)6-4-10/h3-6,18H,8-9H2,1-2H3/b13-12-. The van der Waals surface area contributed by atoms with Gasteiger partial charge < -0.3 is 10.1 Å². The maximum absolute atomic E-state index is 12.4. The van der Waals surface area contributed by atoms with Gasteiger partial charge in [-0.3, -0.25) is 4.79 Å². The number of ether oxygens (including phenoxy) is 1. The van der Waals surface area contributed by atoms with Crippen molar-refractivity contribution in [3.05, 3.63) is 46.1 Å². The summed E-state index contributed by atoms with van der Waals surface area (Å²) in [6.45, 7) is 4.68. The van der Waals surface area contributed by atoms with Crippen LogP contribution in [0, 0.1) is 11.3 Å². The molecule has 0 radical (unpaired) electrons. The van der Waals surface area contributed by atoms with Crippen LogP contribution in [0.15, 0.2) is 35.5 Å². The van der Waals surface area contributed by atoms with Crippen LogP contribution in [0.5, 0.6) is 0 Å². The molecule has 0 atom stereocenters. The molecule has 0 unspecified atom stereocenters. The van der Waals surface area contributed by atoms with Crippen molar-refractivity contribution in [3.63, 3.8) is 0 Å². The third kappa shape index (κ3) is 3.19. The number of nitriles is 1. The van der Waals surface area contributed by atoms with E-state index in [1.165, 1.54) is 0 Å². The van der Waals surface area contributed by atoms with Crippen LogP contribution in [-0.4, -0.2) is 24.5 Å². The normalized spacial score (nSPS) is 19.7. The quantitative estimate of drug-likeness (QED) is 0.517. The van der Waals surface area contributed by atoms with Crippen LogP contribution in [0.3, 0.4) is 0 Å². The van der Waals surface area contributed by atoms with Gasteiger partial charge in [0.15, 0.2) is 0 Å². The van der Waals surface area contributed by atoms with Crippen LogP contribution >= 0.6 is 11.6 Å². The van der Waals surface area contributed by atoms with Crippen molar-refractivity contribution < 1.29 is 9.53 Å². The molecule has 0 saturated carbocycles. The second-order valence-corrected chi connectivity index (χ2v) is 5.74. The molecule has 1 heterocycles. The van der Waals surface area contributed by atoms with Crippen LogP contribution in [0.1, 0.15) is 24.2 Å². The fourth-order valence-electron chi connectivity index (χ4n) is 2.02. The summed E-state index contributed by atoms with van der Waals surface area (Å²) in [5.41, 5.74) is 0.753. The minimum Gasteiger partial charge on any atom is -0.378 e. The van der Waals surface area contributed by atoms with E-state index in [9.17, 15) is 10.1 Å². The first-order chi connectivity index (χ1) is 9.43. The number of benzene rings is 1. The van der Waals surface area contributed by atoms with Gasteiger partial charge in [-0.2, -0.15) is 5.26 Å². The summed E-state index contributed by atoms with van der Waals surface area (Å²) in [7, 11) is 0. The van der Waals surface area contributed by atoms with Gasteiger partial charge in [0.05, 0.1) is 24.4 Å². The van der Waals surface area contributed by atoms with E-state index in [4.69, 9.17) is 16.3 Å². The average molecular weight is 291 g/mol. The number of hydrogen-bond acceptors (Lipinski definition) is 4. The van der Waals surface area contributed by atoms with Gasteiger partial charge in [0, 0.05) is 10.6 Å². The maximum atomic E-state index is 12.4. The summed E-state index contributed by atoms with van der Waals surface area (Å²) >= 11 is 5.80. The van der Waals surface area contributed by atoms with E-state index in [1.807, 2.05) is 19.9 Å². The summed E-state index contributed by atoms with van der Waals surface area (Å²) in [5, 5.41) is 13.0. The van der Waals surface area contributed by atoms with Crippen molar-refractivity contribution in [2.75, 3.05) is 13.2 Å². The molecule has 0 amide bonds. The maximum Gasteiger partial charge on any atom is 0.205 e. The topological polar surface area (TPSA) is 62.1 Å². The van der Waals surface area contributed by atoms with Crippen LogP contribution in [-0.2, 0) is 4.74 Å². The number of rotatable bonds is 2. The SMILES string of the molecule is CC1(C)COC/C(=C(\C#N)C(=O)c2ccc(Cl)cc2)N1. The molecular formula is C15H15ClN2O2. The summed E-state index contributed by atoms with van der Waals surface area (Å²) < 4.78 is 5.44. The Morgan fingerprint density at radius 1 is 1.40 bits per heavy atom. The third-order valence-corrected chi connectivity index (χ3v) is 3.20. The van der Waals surface area contributed by atoms with E-state index in [2.05, 4.69) is 5.32 Å². The van der Waals surface area contributed by atoms with Crippen molar-refractivity contribution in [1.82, 2.24) is 5.32 Å². The average Bonchev–Trinajstić information content (AvgIpc) is 2.39. The molecular weight excluding hydrogens is 276 g/mol. The first-order valence-electron chi connectivity index (χ1n) is 6.22. The Kier molecular flexibility index (Phi) is 4.12. The molecule has 4 nitrogen and oxygen atoms in total. The third-order valence-electron chi connectivity index (χ3n) is 2.95. The summed E-state index contributed by atoms with van der Waals surface area (Å²) in [6, 6.07) is 8.45. The molecule has 0 aliphatic carbocycles. The second kappa shape index (κ2) is 5.66. The Morgan fingerprint density at radius 3 is 2.60 bits per heavy atom. The molecule has 1 aromatic rings. The number of Topliss-reactive ketones (excluding diaryl/α,β-unsaturated/α-hetero) is 1. The fraction of sp³-hybridized carbons (Fsp3) is 0.333. The Labute approximate surface area is 123 Å². The van der Waals surface area contributed by atoms with Gasteiger partial charge in [-0.15, -0.1) is 0 Å². The van der Waals surface area contributed by atoms with Crippen molar-refractivity contribution in [3.8, 4) is 6.07 Å². The molecule has 1 aromatic carbocycles. The second-order valence-electron chi connectivity index (χ2n) is 5.30. The lowest BCUT2D eigenvalue weighted by Crippen LogP contribution is -2.48. The Balaban J connectivity index is 2.35. The number of nitrogens with zero attached hydrogens (tertiary/aromatic N) is 1. The highest BCUT2D eigenvalue weighted by Crippen LogP contribution is 2.19. The predicted octanol–water partition coefficient (Wildman–Crippen LogP) is 2.70. The minimum absolute atomic E-state index is 0.0834. The molecule has 2 rings (SSSR count). The zero-order chi connectivity index (χ0) is 14.8. The zero-order valence-corrected chi connectivity index (χ0v) is 12.1. The molecule has 0 spiro atoms. The predicted molar refractivity (Wildman–Crippen MR) is 76.5 cm³/mol. The van der Waals surface area contributed by atoms with Gasteiger partial charge in [0.2, 0.25) is 5.78 Å². The van der Waals surface area contributed by atoms with Gasteiger partial charge in [0.1, 0.15) is 11.6 Å². The van der Waals surface area contributed by atoms with Crippen LogP contribution in [0.2, 0.25) is 5.02 Å². The number of allylic oxidation sites excluding steroid dienone is 1. The number of hydrogen-bond donors (Lipinski definition) is 1. The number of morpholine rings is 1. The lowest BCUT2D eigenvalue weighted by molar-refractivity contribution is 0.0654. The first-order valence-corrected chi connectivity index (χ1v) is 6.60. The molecule has 5 heteroatoms. The highest BCUT2D eigenvalue weighted by atomic mass is 35.5. The Hall–Kier alpha value is -1.83. The van der Waals surface area contributed by atoms with Gasteiger partial charge in [-0.1, -0.05) is 11.6 Å².